The maximum Gasteiger partial charge on any atom is 0.261 e. The Morgan fingerprint density at radius 2 is 1.72 bits per heavy atom. The van der Waals surface area contributed by atoms with Crippen LogP contribution >= 0.6 is 11.3 Å². The summed E-state index contributed by atoms with van der Waals surface area (Å²) in [6.07, 6.45) is 0.747. The molecular formula is C21H25N3O3S2. The highest BCUT2D eigenvalue weighted by Gasteiger charge is 2.27. The number of aromatic nitrogens is 1. The monoisotopic (exact) mass is 431 g/mol. The molecular weight excluding hydrogens is 406 g/mol. The molecule has 2 aromatic carbocycles. The second-order valence-corrected chi connectivity index (χ2v) is 10.2. The Labute approximate surface area is 175 Å². The lowest BCUT2D eigenvalue weighted by Gasteiger charge is -2.22. The zero-order valence-corrected chi connectivity index (χ0v) is 18.5. The molecule has 3 aromatic rings. The highest BCUT2D eigenvalue weighted by molar-refractivity contribution is 7.91. The zero-order chi connectivity index (χ0) is 21.0. The number of carbonyl (C=O) groups is 1. The number of hydrogen-bond donors (Lipinski definition) is 0. The summed E-state index contributed by atoms with van der Waals surface area (Å²) in [5.74, 6) is -0.394. The van der Waals surface area contributed by atoms with Crippen LogP contribution < -0.4 is 4.90 Å². The first kappa shape index (κ1) is 21.4. The quantitative estimate of drug-likeness (QED) is 0.544. The number of para-hydroxylation sites is 1. The van der Waals surface area contributed by atoms with E-state index in [4.69, 9.17) is 0 Å². The first-order valence-corrected chi connectivity index (χ1v) is 11.9. The van der Waals surface area contributed by atoms with Crippen molar-refractivity contribution in [3.05, 3.63) is 54.1 Å². The SMILES string of the molecule is CCS(=O)(=O)c1ccccc1C(=O)N(CCCN(C)C)c1nc2ccccc2s1. The first-order valence-electron chi connectivity index (χ1n) is 9.47. The summed E-state index contributed by atoms with van der Waals surface area (Å²) in [5.41, 5.74) is 1.02. The largest absolute Gasteiger partial charge is 0.309 e. The average molecular weight is 432 g/mol. The molecule has 0 fully saturated rings. The van der Waals surface area contributed by atoms with Gasteiger partial charge in [-0.1, -0.05) is 42.5 Å². The summed E-state index contributed by atoms with van der Waals surface area (Å²) in [5, 5.41) is 0.582. The third-order valence-corrected chi connectivity index (χ3v) is 7.42. The Balaban J connectivity index is 2.03. The van der Waals surface area contributed by atoms with Crippen LogP contribution in [-0.2, 0) is 9.84 Å². The molecule has 0 N–H and O–H groups in total. The van der Waals surface area contributed by atoms with Gasteiger partial charge in [0.1, 0.15) is 0 Å². The maximum atomic E-state index is 13.5. The van der Waals surface area contributed by atoms with E-state index >= 15 is 0 Å². The van der Waals surface area contributed by atoms with Crippen LogP contribution in [-0.4, -0.2) is 57.1 Å². The molecule has 0 unspecified atom stereocenters. The van der Waals surface area contributed by atoms with Gasteiger partial charge in [-0.25, -0.2) is 13.4 Å². The van der Waals surface area contributed by atoms with Gasteiger partial charge in [0.05, 0.1) is 26.4 Å². The van der Waals surface area contributed by atoms with Crippen molar-refractivity contribution in [2.45, 2.75) is 18.2 Å². The summed E-state index contributed by atoms with van der Waals surface area (Å²) in [4.78, 5) is 21.9. The smallest absolute Gasteiger partial charge is 0.261 e. The highest BCUT2D eigenvalue weighted by Crippen LogP contribution is 2.30. The molecule has 0 saturated heterocycles. The fourth-order valence-corrected chi connectivity index (χ4v) is 5.10. The summed E-state index contributed by atoms with van der Waals surface area (Å²) in [6, 6.07) is 14.1. The first-order chi connectivity index (χ1) is 13.8. The van der Waals surface area contributed by atoms with Gasteiger partial charge in [-0.3, -0.25) is 9.69 Å². The summed E-state index contributed by atoms with van der Waals surface area (Å²) >= 11 is 1.44. The molecule has 8 heteroatoms. The van der Waals surface area contributed by atoms with Crippen molar-refractivity contribution in [1.29, 1.82) is 0 Å². The molecule has 0 spiro atoms. The average Bonchev–Trinajstić information content (AvgIpc) is 3.14. The molecule has 0 aliphatic rings. The van der Waals surface area contributed by atoms with Gasteiger partial charge < -0.3 is 4.90 Å². The van der Waals surface area contributed by atoms with Gasteiger partial charge in [0.25, 0.3) is 5.91 Å². The predicted molar refractivity (Wildman–Crippen MR) is 119 cm³/mol. The fraction of sp³-hybridized carbons (Fsp3) is 0.333. The number of anilines is 1. The number of thiazole rings is 1. The number of carbonyl (C=O) groups excluding carboxylic acids is 1. The minimum Gasteiger partial charge on any atom is -0.309 e. The zero-order valence-electron chi connectivity index (χ0n) is 16.8. The number of fused-ring (bicyclic) bond motifs is 1. The van der Waals surface area contributed by atoms with Crippen LogP contribution in [0.2, 0.25) is 0 Å². The van der Waals surface area contributed by atoms with E-state index < -0.39 is 9.84 Å². The predicted octanol–water partition coefficient (Wildman–Crippen LogP) is 3.69. The molecule has 0 atom stereocenters. The lowest BCUT2D eigenvalue weighted by Crippen LogP contribution is -2.34. The van der Waals surface area contributed by atoms with Gasteiger partial charge in [0, 0.05) is 6.54 Å². The topological polar surface area (TPSA) is 70.6 Å². The maximum absolute atomic E-state index is 13.5. The van der Waals surface area contributed by atoms with E-state index in [0.717, 1.165) is 23.2 Å². The molecule has 0 saturated carbocycles. The van der Waals surface area contributed by atoms with Crippen molar-refractivity contribution >= 4 is 42.4 Å². The molecule has 1 heterocycles. The number of rotatable bonds is 8. The van der Waals surface area contributed by atoms with Crippen LogP contribution in [0.5, 0.6) is 0 Å². The van der Waals surface area contributed by atoms with Crippen LogP contribution in [0.4, 0.5) is 5.13 Å². The number of benzene rings is 2. The third-order valence-electron chi connectivity index (χ3n) is 4.58. The Hall–Kier alpha value is -2.29. The van der Waals surface area contributed by atoms with Crippen LogP contribution in [0.3, 0.4) is 0 Å². The van der Waals surface area contributed by atoms with Gasteiger partial charge in [-0.05, 0) is 51.3 Å². The van der Waals surface area contributed by atoms with E-state index in [1.165, 1.54) is 17.4 Å². The number of amides is 1. The van der Waals surface area contributed by atoms with E-state index in [1.807, 2.05) is 38.4 Å². The molecule has 29 heavy (non-hydrogen) atoms. The molecule has 3 rings (SSSR count). The molecule has 6 nitrogen and oxygen atoms in total. The standard InChI is InChI=1S/C21H25N3O3S2/c1-4-29(26,27)19-13-8-5-10-16(19)20(25)24(15-9-14-23(2)3)21-22-17-11-6-7-12-18(17)28-21/h5-8,10-13H,4,9,14-15H2,1-3H3. The van der Waals surface area contributed by atoms with Crippen LogP contribution in [0.15, 0.2) is 53.4 Å². The summed E-state index contributed by atoms with van der Waals surface area (Å²) in [7, 11) is 0.437. The van der Waals surface area contributed by atoms with Crippen molar-refractivity contribution in [3.63, 3.8) is 0 Å². The minimum absolute atomic E-state index is 0.0565. The molecule has 1 amide bonds. The Kier molecular flexibility index (Phi) is 6.66. The van der Waals surface area contributed by atoms with Gasteiger partial charge in [0.15, 0.2) is 15.0 Å². The van der Waals surface area contributed by atoms with Crippen molar-refractivity contribution in [1.82, 2.24) is 9.88 Å². The normalized spacial score (nSPS) is 11.9. The molecule has 0 aliphatic carbocycles. The Morgan fingerprint density at radius 1 is 1.03 bits per heavy atom. The van der Waals surface area contributed by atoms with Crippen LogP contribution in [0.25, 0.3) is 10.2 Å². The molecule has 1 aromatic heterocycles. The number of nitrogens with zero attached hydrogens (tertiary/aromatic N) is 3. The highest BCUT2D eigenvalue weighted by atomic mass is 32.2. The molecule has 0 bridgehead atoms. The van der Waals surface area contributed by atoms with Gasteiger partial charge >= 0.3 is 0 Å². The van der Waals surface area contributed by atoms with E-state index in [2.05, 4.69) is 9.88 Å². The van der Waals surface area contributed by atoms with Crippen molar-refractivity contribution in [2.24, 2.45) is 0 Å². The van der Waals surface area contributed by atoms with Crippen LogP contribution in [0, 0.1) is 0 Å². The van der Waals surface area contributed by atoms with E-state index in [-0.39, 0.29) is 22.1 Å². The van der Waals surface area contributed by atoms with Gasteiger partial charge in [-0.2, -0.15) is 0 Å². The lowest BCUT2D eigenvalue weighted by molar-refractivity contribution is 0.0983. The Bertz CT molecular complexity index is 1070. The lowest BCUT2D eigenvalue weighted by atomic mass is 10.2. The third kappa shape index (κ3) is 4.83. The number of sulfone groups is 1. The summed E-state index contributed by atoms with van der Waals surface area (Å²) < 4.78 is 26.1. The van der Waals surface area contributed by atoms with Crippen molar-refractivity contribution in [3.8, 4) is 0 Å². The van der Waals surface area contributed by atoms with Crippen molar-refractivity contribution < 1.29 is 13.2 Å². The van der Waals surface area contributed by atoms with E-state index in [1.54, 1.807) is 30.0 Å². The minimum atomic E-state index is -3.52. The van der Waals surface area contributed by atoms with Gasteiger partial charge in [0.2, 0.25) is 0 Å². The Morgan fingerprint density at radius 3 is 2.41 bits per heavy atom. The number of hydrogen-bond acceptors (Lipinski definition) is 6. The van der Waals surface area contributed by atoms with Gasteiger partial charge in [-0.15, -0.1) is 0 Å². The summed E-state index contributed by atoms with van der Waals surface area (Å²) in [6.45, 7) is 2.85. The fourth-order valence-electron chi connectivity index (χ4n) is 3.02. The molecule has 0 radical (unpaired) electrons. The second-order valence-electron chi connectivity index (χ2n) is 6.98. The van der Waals surface area contributed by atoms with E-state index in [0.29, 0.717) is 11.7 Å². The van der Waals surface area contributed by atoms with Crippen LogP contribution in [0.1, 0.15) is 23.7 Å². The molecule has 154 valence electrons. The second kappa shape index (κ2) is 9.02. The van der Waals surface area contributed by atoms with Crippen molar-refractivity contribution in [2.75, 3.05) is 37.8 Å². The molecule has 0 aliphatic heterocycles. The van der Waals surface area contributed by atoms with E-state index in [9.17, 15) is 13.2 Å².